The van der Waals surface area contributed by atoms with Crippen LogP contribution in [0.1, 0.15) is 0 Å². The minimum absolute atomic E-state index is 0.00341. The number of hydrogen-bond acceptors (Lipinski definition) is 3. The minimum atomic E-state index is -4.04. The van der Waals surface area contributed by atoms with Gasteiger partial charge in [0.15, 0.2) is 0 Å². The molecule has 0 radical (unpaired) electrons. The summed E-state index contributed by atoms with van der Waals surface area (Å²) in [6.45, 7) is 0. The maximum absolute atomic E-state index is 13.1. The molecule has 0 unspecified atom stereocenters. The topological polar surface area (TPSA) is 66.4 Å². The standard InChI is InChI=1S/C12H8BrClFNO3S/c13-8-5-7(15)6-9(14)12(8)16-20(18,19)11-4-2-1-3-10(11)17/h1-6,16-17H. The van der Waals surface area contributed by atoms with E-state index in [1.54, 1.807) is 0 Å². The Kier molecular flexibility index (Phi) is 4.22. The summed E-state index contributed by atoms with van der Waals surface area (Å²) in [5, 5.41) is 9.48. The average molecular weight is 381 g/mol. The predicted molar refractivity (Wildman–Crippen MR) is 78.0 cm³/mol. The molecule has 20 heavy (non-hydrogen) atoms. The van der Waals surface area contributed by atoms with Crippen molar-refractivity contribution in [1.82, 2.24) is 0 Å². The highest BCUT2D eigenvalue weighted by Gasteiger charge is 2.21. The normalized spacial score (nSPS) is 11.3. The fourth-order valence-electron chi connectivity index (χ4n) is 1.51. The molecule has 0 spiro atoms. The summed E-state index contributed by atoms with van der Waals surface area (Å²) < 4.78 is 39.8. The molecule has 0 amide bonds. The van der Waals surface area contributed by atoms with Crippen molar-refractivity contribution >= 4 is 43.2 Å². The van der Waals surface area contributed by atoms with Crippen LogP contribution in [-0.2, 0) is 10.0 Å². The van der Waals surface area contributed by atoms with E-state index in [1.165, 1.54) is 24.3 Å². The molecule has 0 fully saturated rings. The largest absolute Gasteiger partial charge is 0.507 e. The van der Waals surface area contributed by atoms with Crippen LogP contribution in [0, 0.1) is 5.82 Å². The van der Waals surface area contributed by atoms with Crippen molar-refractivity contribution in [2.24, 2.45) is 0 Å². The van der Waals surface area contributed by atoms with Gasteiger partial charge in [-0.15, -0.1) is 0 Å². The van der Waals surface area contributed by atoms with Crippen molar-refractivity contribution in [3.05, 3.63) is 51.7 Å². The zero-order valence-electron chi connectivity index (χ0n) is 9.77. The van der Waals surface area contributed by atoms with E-state index < -0.39 is 21.6 Å². The van der Waals surface area contributed by atoms with Crippen molar-refractivity contribution in [2.45, 2.75) is 4.90 Å². The van der Waals surface area contributed by atoms with Crippen LogP contribution in [0.4, 0.5) is 10.1 Å². The van der Waals surface area contributed by atoms with E-state index >= 15 is 0 Å². The van der Waals surface area contributed by atoms with Gasteiger partial charge >= 0.3 is 0 Å². The van der Waals surface area contributed by atoms with Gasteiger partial charge in [-0.25, -0.2) is 12.8 Å². The Balaban J connectivity index is 2.47. The number of rotatable bonds is 3. The minimum Gasteiger partial charge on any atom is -0.507 e. The lowest BCUT2D eigenvalue weighted by atomic mass is 10.3. The van der Waals surface area contributed by atoms with E-state index in [-0.39, 0.29) is 20.1 Å². The molecule has 2 aromatic rings. The van der Waals surface area contributed by atoms with E-state index in [1.807, 2.05) is 0 Å². The molecular formula is C12H8BrClFNO3S. The summed E-state index contributed by atoms with van der Waals surface area (Å²) in [5.74, 6) is -0.998. The second kappa shape index (κ2) is 5.59. The SMILES string of the molecule is O=S(=O)(Nc1c(Cl)cc(F)cc1Br)c1ccccc1O. The fraction of sp³-hybridized carbons (Fsp3) is 0. The Morgan fingerprint density at radius 3 is 2.50 bits per heavy atom. The van der Waals surface area contributed by atoms with Gasteiger partial charge in [0.25, 0.3) is 10.0 Å². The van der Waals surface area contributed by atoms with Crippen molar-refractivity contribution < 1.29 is 17.9 Å². The van der Waals surface area contributed by atoms with Gasteiger partial charge < -0.3 is 5.11 Å². The lowest BCUT2D eigenvalue weighted by Crippen LogP contribution is -2.14. The molecular weight excluding hydrogens is 373 g/mol. The number of hydrogen-bond donors (Lipinski definition) is 2. The zero-order chi connectivity index (χ0) is 14.9. The Hall–Kier alpha value is -1.31. The summed E-state index contributed by atoms with van der Waals surface area (Å²) in [6.07, 6.45) is 0. The molecule has 8 heteroatoms. The number of para-hydroxylation sites is 1. The molecule has 0 saturated carbocycles. The van der Waals surface area contributed by atoms with E-state index in [9.17, 15) is 17.9 Å². The van der Waals surface area contributed by atoms with Crippen LogP contribution in [0.15, 0.2) is 45.8 Å². The lowest BCUT2D eigenvalue weighted by Gasteiger charge is -2.12. The van der Waals surface area contributed by atoms with Gasteiger partial charge in [-0.3, -0.25) is 4.72 Å². The van der Waals surface area contributed by atoms with E-state index in [0.29, 0.717) is 0 Å². The van der Waals surface area contributed by atoms with Gasteiger partial charge in [0, 0.05) is 4.47 Å². The molecule has 0 aliphatic rings. The molecule has 0 aliphatic carbocycles. The third-order valence-corrected chi connectivity index (χ3v) is 4.72. The molecule has 0 atom stereocenters. The Bertz CT molecular complexity index is 744. The molecule has 0 heterocycles. The number of nitrogens with one attached hydrogen (secondary N) is 1. The first kappa shape index (κ1) is 15.1. The number of sulfonamides is 1. The van der Waals surface area contributed by atoms with Crippen molar-refractivity contribution in [3.8, 4) is 5.75 Å². The quantitative estimate of drug-likeness (QED) is 0.852. The highest BCUT2D eigenvalue weighted by Crippen LogP contribution is 2.34. The molecule has 0 aliphatic heterocycles. The highest BCUT2D eigenvalue weighted by molar-refractivity contribution is 9.10. The molecule has 0 aromatic heterocycles. The number of aromatic hydroxyl groups is 1. The van der Waals surface area contributed by atoms with Crippen LogP contribution in [-0.4, -0.2) is 13.5 Å². The third kappa shape index (κ3) is 3.05. The van der Waals surface area contributed by atoms with Crippen LogP contribution >= 0.6 is 27.5 Å². The van der Waals surface area contributed by atoms with Gasteiger partial charge in [0.1, 0.15) is 16.5 Å². The van der Waals surface area contributed by atoms with Gasteiger partial charge in [0.05, 0.1) is 10.7 Å². The van der Waals surface area contributed by atoms with Crippen molar-refractivity contribution in [3.63, 3.8) is 0 Å². The molecule has 2 N–H and O–H groups in total. The number of halogens is 3. The van der Waals surface area contributed by atoms with Gasteiger partial charge in [-0.2, -0.15) is 0 Å². The van der Waals surface area contributed by atoms with Crippen molar-refractivity contribution in [1.29, 1.82) is 0 Å². The van der Waals surface area contributed by atoms with E-state index in [2.05, 4.69) is 20.7 Å². The molecule has 4 nitrogen and oxygen atoms in total. The predicted octanol–water partition coefficient (Wildman–Crippen LogP) is 3.75. The van der Waals surface area contributed by atoms with E-state index in [0.717, 1.165) is 12.1 Å². The Labute approximate surface area is 128 Å². The summed E-state index contributed by atoms with van der Waals surface area (Å²) in [4.78, 5) is -0.299. The third-order valence-electron chi connectivity index (χ3n) is 2.40. The van der Waals surface area contributed by atoms with Gasteiger partial charge in [-0.1, -0.05) is 23.7 Å². The average Bonchev–Trinajstić information content (AvgIpc) is 2.34. The first-order valence-corrected chi connectivity index (χ1v) is 7.92. The summed E-state index contributed by atoms with van der Waals surface area (Å²) in [7, 11) is -4.04. The fourth-order valence-corrected chi connectivity index (χ4v) is 3.80. The lowest BCUT2D eigenvalue weighted by molar-refractivity contribution is 0.459. The molecule has 2 rings (SSSR count). The van der Waals surface area contributed by atoms with Crippen LogP contribution in [0.2, 0.25) is 5.02 Å². The maximum atomic E-state index is 13.1. The van der Waals surface area contributed by atoms with Gasteiger partial charge in [-0.05, 0) is 40.2 Å². The maximum Gasteiger partial charge on any atom is 0.265 e. The Morgan fingerprint density at radius 1 is 1.25 bits per heavy atom. The second-order valence-electron chi connectivity index (χ2n) is 3.82. The van der Waals surface area contributed by atoms with Crippen LogP contribution < -0.4 is 4.72 Å². The van der Waals surface area contributed by atoms with Gasteiger partial charge in [0.2, 0.25) is 0 Å². The Morgan fingerprint density at radius 2 is 1.90 bits per heavy atom. The molecule has 0 bridgehead atoms. The summed E-state index contributed by atoms with van der Waals surface area (Å²) >= 11 is 8.84. The monoisotopic (exact) mass is 379 g/mol. The number of benzene rings is 2. The smallest absolute Gasteiger partial charge is 0.265 e. The molecule has 2 aromatic carbocycles. The summed E-state index contributed by atoms with van der Waals surface area (Å²) in [5.41, 5.74) is -0.00341. The first-order valence-electron chi connectivity index (χ1n) is 5.26. The van der Waals surface area contributed by atoms with Crippen LogP contribution in [0.5, 0.6) is 5.75 Å². The number of phenolic OH excluding ortho intramolecular Hbond substituents is 1. The second-order valence-corrected chi connectivity index (χ2v) is 6.73. The summed E-state index contributed by atoms with van der Waals surface area (Å²) in [6, 6.07) is 7.51. The van der Waals surface area contributed by atoms with E-state index in [4.69, 9.17) is 11.6 Å². The number of anilines is 1. The zero-order valence-corrected chi connectivity index (χ0v) is 12.9. The van der Waals surface area contributed by atoms with Crippen LogP contribution in [0.3, 0.4) is 0 Å². The van der Waals surface area contributed by atoms with Crippen LogP contribution in [0.25, 0.3) is 0 Å². The highest BCUT2D eigenvalue weighted by atomic mass is 79.9. The first-order chi connectivity index (χ1) is 9.31. The molecule has 0 saturated heterocycles. The van der Waals surface area contributed by atoms with Crippen molar-refractivity contribution in [2.75, 3.05) is 4.72 Å². The number of phenols is 1. The molecule has 106 valence electrons.